The summed E-state index contributed by atoms with van der Waals surface area (Å²) in [4.78, 5) is 20.7. The van der Waals surface area contributed by atoms with E-state index in [2.05, 4.69) is 15.3 Å². The largest absolute Gasteiger partial charge is 0.489 e. The summed E-state index contributed by atoms with van der Waals surface area (Å²) in [6.45, 7) is 5.00. The van der Waals surface area contributed by atoms with Gasteiger partial charge in [0.1, 0.15) is 12.4 Å². The molecule has 2 aromatic carbocycles. The van der Waals surface area contributed by atoms with Crippen molar-refractivity contribution < 1.29 is 9.53 Å². The molecule has 0 spiro atoms. The molecule has 1 N–H and O–H groups in total. The van der Waals surface area contributed by atoms with Gasteiger partial charge in [0, 0.05) is 17.9 Å². The average molecular weight is 408 g/mol. The molecule has 0 atom stereocenters. The molecule has 3 rings (SSSR count). The third-order valence-corrected chi connectivity index (χ3v) is 5.05. The number of aromatic nitrogens is 2. The molecule has 0 radical (unpaired) electrons. The van der Waals surface area contributed by atoms with Crippen molar-refractivity contribution in [3.63, 3.8) is 0 Å². The number of nitrogens with zero attached hydrogens (tertiary/aromatic N) is 2. The van der Waals surface area contributed by atoms with Crippen molar-refractivity contribution >= 4 is 17.7 Å². The van der Waals surface area contributed by atoms with E-state index in [1.807, 2.05) is 74.5 Å². The number of carbonyl (C=O) groups is 1. The Kier molecular flexibility index (Phi) is 7.64. The zero-order valence-electron chi connectivity index (χ0n) is 16.7. The van der Waals surface area contributed by atoms with Crippen molar-refractivity contribution in [3.8, 4) is 5.75 Å². The zero-order valence-corrected chi connectivity index (χ0v) is 17.5. The fourth-order valence-electron chi connectivity index (χ4n) is 2.78. The zero-order chi connectivity index (χ0) is 20.5. The number of hydrogen-bond donors (Lipinski definition) is 1. The predicted octanol–water partition coefficient (Wildman–Crippen LogP) is 4.12. The molecular weight excluding hydrogens is 382 g/mol. The van der Waals surface area contributed by atoms with Crippen LogP contribution in [0.5, 0.6) is 5.75 Å². The summed E-state index contributed by atoms with van der Waals surface area (Å²) in [5, 5.41) is 3.59. The number of hydrogen-bond acceptors (Lipinski definition) is 5. The number of aryl methyl sites for hydroxylation is 2. The Morgan fingerprint density at radius 2 is 1.66 bits per heavy atom. The molecule has 0 saturated heterocycles. The Balaban J connectivity index is 1.37. The van der Waals surface area contributed by atoms with E-state index in [1.165, 1.54) is 11.8 Å². The molecule has 0 bridgehead atoms. The van der Waals surface area contributed by atoms with Crippen LogP contribution in [-0.2, 0) is 17.8 Å². The van der Waals surface area contributed by atoms with E-state index >= 15 is 0 Å². The van der Waals surface area contributed by atoms with Crippen LogP contribution in [0.3, 0.4) is 0 Å². The first-order chi connectivity index (χ1) is 14.1. The summed E-state index contributed by atoms with van der Waals surface area (Å²) in [7, 11) is 0. The molecule has 0 aliphatic heterocycles. The lowest BCUT2D eigenvalue weighted by Crippen LogP contribution is -2.27. The van der Waals surface area contributed by atoms with E-state index in [4.69, 9.17) is 4.74 Å². The minimum atomic E-state index is -0.0134. The van der Waals surface area contributed by atoms with E-state index in [0.29, 0.717) is 24.1 Å². The van der Waals surface area contributed by atoms with E-state index in [9.17, 15) is 4.79 Å². The van der Waals surface area contributed by atoms with Crippen molar-refractivity contribution in [2.24, 2.45) is 0 Å². The highest BCUT2D eigenvalue weighted by atomic mass is 32.2. The number of thioether (sulfide) groups is 1. The lowest BCUT2D eigenvalue weighted by molar-refractivity contribution is -0.118. The first-order valence-electron chi connectivity index (χ1n) is 9.56. The highest BCUT2D eigenvalue weighted by molar-refractivity contribution is 7.99. The second kappa shape index (κ2) is 10.6. The van der Waals surface area contributed by atoms with Crippen LogP contribution in [0.2, 0.25) is 0 Å². The molecule has 6 heteroatoms. The van der Waals surface area contributed by atoms with Crippen molar-refractivity contribution in [2.45, 2.75) is 32.0 Å². The lowest BCUT2D eigenvalue weighted by atomic mass is 10.1. The van der Waals surface area contributed by atoms with Crippen LogP contribution in [0, 0.1) is 13.8 Å². The van der Waals surface area contributed by atoms with Gasteiger partial charge in [-0.1, -0.05) is 54.2 Å². The lowest BCUT2D eigenvalue weighted by Gasteiger charge is -2.08. The summed E-state index contributed by atoms with van der Waals surface area (Å²) in [5.41, 5.74) is 4.12. The van der Waals surface area contributed by atoms with Crippen molar-refractivity contribution in [1.29, 1.82) is 0 Å². The fraction of sp³-hybridized carbons (Fsp3) is 0.261. The molecular formula is C23H25N3O2S. The van der Waals surface area contributed by atoms with Gasteiger partial charge in [0.15, 0.2) is 5.16 Å². The molecule has 29 heavy (non-hydrogen) atoms. The highest BCUT2D eigenvalue weighted by Gasteiger charge is 2.06. The molecule has 0 unspecified atom stereocenters. The first-order valence-corrected chi connectivity index (χ1v) is 10.5. The Labute approximate surface area is 175 Å². The summed E-state index contributed by atoms with van der Waals surface area (Å²) in [6, 6.07) is 20.0. The number of ether oxygens (including phenoxy) is 1. The highest BCUT2D eigenvalue weighted by Crippen LogP contribution is 2.15. The maximum atomic E-state index is 12.0. The topological polar surface area (TPSA) is 64.1 Å². The van der Waals surface area contributed by atoms with E-state index < -0.39 is 0 Å². The molecule has 0 fully saturated rings. The van der Waals surface area contributed by atoms with Crippen molar-refractivity contribution in [3.05, 3.63) is 83.2 Å². The van der Waals surface area contributed by atoms with Crippen LogP contribution in [0.1, 0.15) is 22.5 Å². The van der Waals surface area contributed by atoms with Crippen LogP contribution in [-0.4, -0.2) is 28.2 Å². The molecule has 150 valence electrons. The first kappa shape index (κ1) is 20.9. The third-order valence-electron chi connectivity index (χ3n) is 4.20. The fourth-order valence-corrected chi connectivity index (χ4v) is 3.56. The number of carbonyl (C=O) groups excluding carboxylic acids is 1. The minimum Gasteiger partial charge on any atom is -0.489 e. The second-order valence-corrected chi connectivity index (χ2v) is 7.68. The Morgan fingerprint density at radius 1 is 0.966 bits per heavy atom. The van der Waals surface area contributed by atoms with Crippen molar-refractivity contribution in [2.75, 3.05) is 12.3 Å². The summed E-state index contributed by atoms with van der Waals surface area (Å²) in [5.74, 6) is 1.14. The SMILES string of the molecule is Cc1cc(C)nc(SCC(=O)NCCc2ccc(OCc3ccccc3)cc2)n1. The summed E-state index contributed by atoms with van der Waals surface area (Å²) < 4.78 is 5.80. The van der Waals surface area contributed by atoms with Crippen LogP contribution < -0.4 is 10.1 Å². The van der Waals surface area contributed by atoms with Gasteiger partial charge in [-0.2, -0.15) is 0 Å². The molecule has 0 saturated carbocycles. The Morgan fingerprint density at radius 3 is 2.34 bits per heavy atom. The van der Waals surface area contributed by atoms with Gasteiger partial charge in [-0.3, -0.25) is 4.79 Å². The maximum Gasteiger partial charge on any atom is 0.230 e. The van der Waals surface area contributed by atoms with Gasteiger partial charge in [-0.15, -0.1) is 0 Å². The molecule has 0 aliphatic rings. The molecule has 0 aliphatic carbocycles. The van der Waals surface area contributed by atoms with Crippen LogP contribution >= 0.6 is 11.8 Å². The molecule has 1 amide bonds. The smallest absolute Gasteiger partial charge is 0.230 e. The number of rotatable bonds is 9. The van der Waals surface area contributed by atoms with E-state index in [0.717, 1.165) is 34.7 Å². The van der Waals surface area contributed by atoms with Gasteiger partial charge in [-0.05, 0) is 49.6 Å². The van der Waals surface area contributed by atoms with Crippen LogP contribution in [0.4, 0.5) is 0 Å². The van der Waals surface area contributed by atoms with Crippen molar-refractivity contribution in [1.82, 2.24) is 15.3 Å². The quantitative estimate of drug-likeness (QED) is 0.427. The molecule has 3 aromatic rings. The van der Waals surface area contributed by atoms with Crippen LogP contribution in [0.25, 0.3) is 0 Å². The Hall–Kier alpha value is -2.86. The monoisotopic (exact) mass is 407 g/mol. The minimum absolute atomic E-state index is 0.0134. The Bertz CT molecular complexity index is 910. The van der Waals surface area contributed by atoms with Gasteiger partial charge in [0.25, 0.3) is 0 Å². The van der Waals surface area contributed by atoms with E-state index in [-0.39, 0.29) is 5.91 Å². The number of amides is 1. The maximum absolute atomic E-state index is 12.0. The molecule has 1 heterocycles. The van der Waals surface area contributed by atoms with Gasteiger partial charge < -0.3 is 10.1 Å². The standard InChI is InChI=1S/C23H25N3O2S/c1-17-14-18(2)26-23(25-17)29-16-22(27)24-13-12-19-8-10-21(11-9-19)28-15-20-6-4-3-5-7-20/h3-11,14H,12-13,15-16H2,1-2H3,(H,24,27). The molecule has 5 nitrogen and oxygen atoms in total. The average Bonchev–Trinajstić information content (AvgIpc) is 2.72. The summed E-state index contributed by atoms with van der Waals surface area (Å²) in [6.07, 6.45) is 0.773. The molecule has 1 aromatic heterocycles. The van der Waals surface area contributed by atoms with Gasteiger partial charge in [0.05, 0.1) is 5.75 Å². The van der Waals surface area contributed by atoms with Gasteiger partial charge in [0.2, 0.25) is 5.91 Å². The predicted molar refractivity (Wildman–Crippen MR) is 116 cm³/mol. The second-order valence-electron chi connectivity index (χ2n) is 6.74. The van der Waals surface area contributed by atoms with Gasteiger partial charge >= 0.3 is 0 Å². The number of nitrogens with one attached hydrogen (secondary N) is 1. The third kappa shape index (κ3) is 7.23. The normalized spacial score (nSPS) is 10.6. The summed E-state index contributed by atoms with van der Waals surface area (Å²) >= 11 is 1.36. The van der Waals surface area contributed by atoms with Crippen LogP contribution in [0.15, 0.2) is 65.8 Å². The van der Waals surface area contributed by atoms with E-state index in [1.54, 1.807) is 0 Å². The van der Waals surface area contributed by atoms with Gasteiger partial charge in [-0.25, -0.2) is 9.97 Å². The number of benzene rings is 2.